The molecule has 0 saturated heterocycles. The van der Waals surface area contributed by atoms with Crippen LogP contribution in [0.2, 0.25) is 4.05 Å². The molecule has 0 aliphatic carbocycles. The van der Waals surface area contributed by atoms with Gasteiger partial charge in [0.15, 0.2) is 0 Å². The summed E-state index contributed by atoms with van der Waals surface area (Å²) in [5, 5.41) is 0. The highest BCUT2D eigenvalue weighted by atomic mass is 79.9. The first-order chi connectivity index (χ1) is 6.31. The average Bonchev–Trinajstić information content (AvgIpc) is 2.16. The van der Waals surface area contributed by atoms with Crippen LogP contribution in [-0.4, -0.2) is 18.2 Å². The van der Waals surface area contributed by atoms with Crippen molar-refractivity contribution in [1.29, 1.82) is 0 Å². The minimum absolute atomic E-state index is 0.103. The van der Waals surface area contributed by atoms with Gasteiger partial charge in [-0.05, 0) is 0 Å². The quantitative estimate of drug-likeness (QED) is 0.406. The second-order valence-corrected chi connectivity index (χ2v) is 7.81. The van der Waals surface area contributed by atoms with E-state index >= 15 is 0 Å². The van der Waals surface area contributed by atoms with Crippen molar-refractivity contribution in [2.45, 2.75) is 69.3 Å². The fraction of sp³-hybridized carbons (Fsp3) is 1.00. The molecule has 0 aliphatic heterocycles. The molecule has 0 bridgehead atoms. The molecule has 0 aromatic heterocycles. The maximum Gasteiger partial charge on any atom is 0.471 e. The molecule has 0 saturated carbocycles. The lowest BCUT2D eigenvalue weighted by Gasteiger charge is -2.05. The molecule has 1 unspecified atom stereocenters. The molecule has 0 amide bonds. The maximum atomic E-state index is 3.66. The largest absolute Gasteiger partial charge is 0.471 e. The highest BCUT2D eigenvalue weighted by Crippen LogP contribution is 2.16. The van der Waals surface area contributed by atoms with Gasteiger partial charge in [0.1, 0.15) is 0 Å². The van der Waals surface area contributed by atoms with Crippen LogP contribution in [0.3, 0.4) is 0 Å². The van der Waals surface area contributed by atoms with Crippen LogP contribution in [0.25, 0.3) is 0 Å². The molecule has 0 aliphatic rings. The molecule has 1 atom stereocenters. The van der Waals surface area contributed by atoms with Gasteiger partial charge in [0, 0.05) is 0 Å². The van der Waals surface area contributed by atoms with E-state index in [9.17, 15) is 0 Å². The van der Waals surface area contributed by atoms with Crippen LogP contribution in [0.4, 0.5) is 0 Å². The Labute approximate surface area is 99.8 Å². The molecule has 0 radical (unpaired) electrons. The van der Waals surface area contributed by atoms with Gasteiger partial charge in [-0.15, -0.1) is 4.05 Å². The highest BCUT2D eigenvalue weighted by Gasteiger charge is 2.02. The van der Waals surface area contributed by atoms with Gasteiger partial charge in [-0.2, -0.15) is 0 Å². The second-order valence-electron chi connectivity index (χ2n) is 4.17. The fourth-order valence-corrected chi connectivity index (χ4v) is 2.94. The third-order valence-corrected chi connectivity index (χ3v) is 6.81. The molecule has 0 aromatic rings. The number of halogens is 1. The van der Waals surface area contributed by atoms with E-state index in [-0.39, 0.29) is 18.2 Å². The van der Waals surface area contributed by atoms with Gasteiger partial charge >= 0.3 is 18.2 Å². The third-order valence-electron chi connectivity index (χ3n) is 2.56. The van der Waals surface area contributed by atoms with E-state index in [0.29, 0.717) is 0 Å². The van der Waals surface area contributed by atoms with E-state index in [0.717, 1.165) is 4.05 Å². The Morgan fingerprint density at radius 2 is 1.54 bits per heavy atom. The van der Waals surface area contributed by atoms with Gasteiger partial charge < -0.3 is 12.9 Å². The summed E-state index contributed by atoms with van der Waals surface area (Å²) in [6.45, 7) is 4.67. The normalized spacial score (nSPS) is 12.5. The highest BCUT2D eigenvalue weighted by molar-refractivity contribution is 9.23. The number of hydrogen-bond donors (Lipinski definition) is 0. The van der Waals surface area contributed by atoms with Crippen molar-refractivity contribution < 1.29 is 0 Å². The molecule has 0 fully saturated rings. The molecule has 0 aromatic carbocycles. The second kappa shape index (κ2) is 11.3. The molecular formula is C11H23BrMg. The summed E-state index contributed by atoms with van der Waals surface area (Å²) in [6, 6.07) is 0. The smallest absolute Gasteiger partial charge is 0.306 e. The predicted octanol–water partition coefficient (Wildman–Crippen LogP) is 4.95. The molecule has 13 heavy (non-hydrogen) atoms. The van der Waals surface area contributed by atoms with E-state index in [1.165, 1.54) is 51.4 Å². The SMILES string of the molecule is CCCCCCCCC[CH](C)[Mg][Br]. The number of unbranched alkanes of at least 4 members (excludes halogenated alkanes) is 6. The third kappa shape index (κ3) is 11.2. The molecule has 76 valence electrons. The Morgan fingerprint density at radius 1 is 1.00 bits per heavy atom. The summed E-state index contributed by atoms with van der Waals surface area (Å²) in [4.78, 5) is 0. The van der Waals surface area contributed by atoms with Crippen LogP contribution in [0.5, 0.6) is 0 Å². The molecular weight excluding hydrogens is 236 g/mol. The van der Waals surface area contributed by atoms with Gasteiger partial charge in [0.2, 0.25) is 0 Å². The Hall–Kier alpha value is 1.25. The van der Waals surface area contributed by atoms with Crippen LogP contribution in [0, 0.1) is 0 Å². The fourth-order valence-electron chi connectivity index (χ4n) is 1.53. The molecule has 0 N–H and O–H groups in total. The van der Waals surface area contributed by atoms with Crippen LogP contribution in [0.15, 0.2) is 0 Å². The van der Waals surface area contributed by atoms with Crippen molar-refractivity contribution >= 4 is 31.1 Å². The van der Waals surface area contributed by atoms with E-state index < -0.39 is 0 Å². The topological polar surface area (TPSA) is 0 Å². The summed E-state index contributed by atoms with van der Waals surface area (Å²) in [5.74, 6) is 0. The van der Waals surface area contributed by atoms with Crippen molar-refractivity contribution in [3.8, 4) is 0 Å². The lowest BCUT2D eigenvalue weighted by molar-refractivity contribution is 0.572. The van der Waals surface area contributed by atoms with Gasteiger partial charge in [-0.1, -0.05) is 65.2 Å². The molecule has 0 heterocycles. The summed E-state index contributed by atoms with van der Waals surface area (Å²) < 4.78 is 1.01. The van der Waals surface area contributed by atoms with Crippen molar-refractivity contribution in [2.75, 3.05) is 0 Å². The Kier molecular flexibility index (Phi) is 12.4. The first-order valence-corrected chi connectivity index (χ1v) is 10.6. The average molecular weight is 260 g/mol. The van der Waals surface area contributed by atoms with E-state index in [2.05, 4.69) is 26.7 Å². The summed E-state index contributed by atoms with van der Waals surface area (Å²) >= 11 is 3.76. The monoisotopic (exact) mass is 258 g/mol. The zero-order valence-electron chi connectivity index (χ0n) is 9.32. The molecule has 2 heteroatoms. The summed E-state index contributed by atoms with van der Waals surface area (Å²) in [6.07, 6.45) is 11.6. The summed E-state index contributed by atoms with van der Waals surface area (Å²) in [7, 11) is 0. The van der Waals surface area contributed by atoms with Gasteiger partial charge in [0.05, 0.1) is 0 Å². The standard InChI is InChI=1S/C11H23.BrH.Mg/c1-3-5-7-9-11-10-8-6-4-2;;/h3H,4-11H2,1-2H3;1H;/q;;+1/p-1. The van der Waals surface area contributed by atoms with Crippen molar-refractivity contribution in [1.82, 2.24) is 0 Å². The maximum absolute atomic E-state index is 3.66. The zero-order chi connectivity index (χ0) is 9.94. The van der Waals surface area contributed by atoms with Crippen molar-refractivity contribution in [3.05, 3.63) is 0 Å². The van der Waals surface area contributed by atoms with E-state index in [1.807, 2.05) is 0 Å². The van der Waals surface area contributed by atoms with Gasteiger partial charge in [-0.3, -0.25) is 0 Å². The lowest BCUT2D eigenvalue weighted by Crippen LogP contribution is -1.91. The van der Waals surface area contributed by atoms with Gasteiger partial charge in [-0.25, -0.2) is 0 Å². The number of rotatable bonds is 9. The van der Waals surface area contributed by atoms with Crippen molar-refractivity contribution in [2.24, 2.45) is 0 Å². The first kappa shape index (κ1) is 14.2. The molecule has 0 nitrogen and oxygen atoms in total. The van der Waals surface area contributed by atoms with E-state index in [4.69, 9.17) is 0 Å². The minimum atomic E-state index is 0.103. The Balaban J connectivity index is 2.91. The van der Waals surface area contributed by atoms with E-state index in [1.54, 1.807) is 0 Å². The van der Waals surface area contributed by atoms with Crippen molar-refractivity contribution in [3.63, 3.8) is 0 Å². The Morgan fingerprint density at radius 3 is 2.08 bits per heavy atom. The Bertz CT molecular complexity index is 96.1. The number of hydrogen-bond acceptors (Lipinski definition) is 0. The molecule has 0 rings (SSSR count). The molecule has 0 spiro atoms. The predicted molar refractivity (Wildman–Crippen MR) is 66.7 cm³/mol. The van der Waals surface area contributed by atoms with Crippen LogP contribution < -0.4 is 0 Å². The van der Waals surface area contributed by atoms with Gasteiger partial charge in [0.25, 0.3) is 0 Å². The first-order valence-electron chi connectivity index (χ1n) is 5.87. The van der Waals surface area contributed by atoms with Crippen LogP contribution >= 0.6 is 12.9 Å². The van der Waals surface area contributed by atoms with Crippen LogP contribution in [-0.2, 0) is 0 Å². The lowest BCUT2D eigenvalue weighted by atomic mass is 10.1. The summed E-state index contributed by atoms with van der Waals surface area (Å²) in [5.41, 5.74) is 0. The van der Waals surface area contributed by atoms with Crippen LogP contribution in [0.1, 0.15) is 65.2 Å². The zero-order valence-corrected chi connectivity index (χ0v) is 12.3. The minimum Gasteiger partial charge on any atom is -0.306 e.